The van der Waals surface area contributed by atoms with Gasteiger partial charge in [0, 0.05) is 24.2 Å². The van der Waals surface area contributed by atoms with E-state index in [9.17, 15) is 19.5 Å². The summed E-state index contributed by atoms with van der Waals surface area (Å²) >= 11 is 0. The fraction of sp³-hybridized carbons (Fsp3) is 0.474. The normalized spacial score (nSPS) is 27.8. The molecule has 10 heteroatoms. The number of nitrogens with zero attached hydrogens (tertiary/aromatic N) is 1. The van der Waals surface area contributed by atoms with Crippen LogP contribution in [0.2, 0.25) is 0 Å². The van der Waals surface area contributed by atoms with Crippen LogP contribution in [-0.2, 0) is 20.7 Å². The van der Waals surface area contributed by atoms with Crippen molar-refractivity contribution in [1.82, 2.24) is 10.6 Å². The van der Waals surface area contributed by atoms with Crippen LogP contribution in [0, 0.1) is 16.6 Å². The first-order valence-electron chi connectivity index (χ1n) is 9.26. The van der Waals surface area contributed by atoms with E-state index in [4.69, 9.17) is 10.1 Å². The summed E-state index contributed by atoms with van der Waals surface area (Å²) in [7, 11) is 0. The van der Waals surface area contributed by atoms with Crippen LogP contribution in [0.3, 0.4) is 0 Å². The lowest BCUT2D eigenvalue weighted by atomic mass is 9.66. The number of carbonyl (C=O) groups is 3. The van der Waals surface area contributed by atoms with Gasteiger partial charge in [-0.05, 0) is 32.4 Å². The van der Waals surface area contributed by atoms with Gasteiger partial charge < -0.3 is 20.2 Å². The number of hydrogen-bond acceptors (Lipinski definition) is 7. The van der Waals surface area contributed by atoms with Crippen LogP contribution in [0.15, 0.2) is 6.07 Å². The highest BCUT2D eigenvalue weighted by molar-refractivity contribution is 6.20. The molecule has 4 rings (SSSR count). The number of barbiturate groups is 1. The number of nitrogens with one attached hydrogen (secondary N) is 3. The monoisotopic (exact) mass is 404 g/mol. The van der Waals surface area contributed by atoms with Crippen molar-refractivity contribution in [2.24, 2.45) is 5.41 Å². The molecule has 4 N–H and O–H groups in total. The molecule has 1 spiro atoms. The van der Waals surface area contributed by atoms with Crippen LogP contribution in [0.25, 0.3) is 0 Å². The molecule has 2 saturated heterocycles. The number of rotatable bonds is 1. The topological polar surface area (TPSA) is 132 Å². The van der Waals surface area contributed by atoms with Gasteiger partial charge in [0.1, 0.15) is 0 Å². The number of anilines is 1. The molecule has 1 aromatic rings. The van der Waals surface area contributed by atoms with Crippen molar-refractivity contribution in [3.8, 4) is 5.75 Å². The second-order valence-electron chi connectivity index (χ2n) is 7.85. The highest BCUT2D eigenvalue weighted by Gasteiger charge is 2.63. The number of imide groups is 2. The largest absolute Gasteiger partial charge is 0.504 e. The molecule has 0 radical (unpaired) electrons. The number of phenolic OH excluding ortho intramolecular Hbond substituents is 1. The number of urea groups is 1. The molecule has 29 heavy (non-hydrogen) atoms. The number of carbonyl (C=O) groups excluding carboxylic acids is 3. The smallest absolute Gasteiger partial charge is 0.328 e. The number of benzene rings is 1. The molecule has 3 unspecified atom stereocenters. The van der Waals surface area contributed by atoms with Crippen molar-refractivity contribution in [3.05, 3.63) is 23.0 Å². The maximum Gasteiger partial charge on any atom is 0.328 e. The van der Waals surface area contributed by atoms with Crippen molar-refractivity contribution >= 4 is 29.2 Å². The predicted molar refractivity (Wildman–Crippen MR) is 99.5 cm³/mol. The average molecular weight is 404 g/mol. The molecule has 0 saturated carbocycles. The number of amides is 4. The van der Waals surface area contributed by atoms with Gasteiger partial charge in [-0.1, -0.05) is 0 Å². The summed E-state index contributed by atoms with van der Waals surface area (Å²) in [5.41, 5.74) is -1.41. The molecule has 4 amide bonds. The van der Waals surface area contributed by atoms with Crippen molar-refractivity contribution in [2.75, 3.05) is 11.4 Å². The van der Waals surface area contributed by atoms with E-state index in [1.165, 1.54) is 13.0 Å². The van der Waals surface area contributed by atoms with Crippen LogP contribution in [-0.4, -0.2) is 53.5 Å². The molecule has 9 nitrogen and oxygen atoms in total. The molecule has 3 aliphatic heterocycles. The Balaban J connectivity index is 1.99. The van der Waals surface area contributed by atoms with Crippen LogP contribution < -0.4 is 15.5 Å². The summed E-state index contributed by atoms with van der Waals surface area (Å²) in [5, 5.41) is 22.4. The second kappa shape index (κ2) is 6.24. The predicted octanol–water partition coefficient (Wildman–Crippen LogP) is 0.810. The third-order valence-corrected chi connectivity index (χ3v) is 5.90. The lowest BCUT2D eigenvalue weighted by Crippen LogP contribution is -2.75. The summed E-state index contributed by atoms with van der Waals surface area (Å²) in [6.45, 7) is 5.05. The lowest BCUT2D eigenvalue weighted by Gasteiger charge is -2.55. The molecule has 3 heterocycles. The van der Waals surface area contributed by atoms with E-state index < -0.39 is 47.0 Å². The zero-order valence-electron chi connectivity index (χ0n) is 16.1. The molecular formula is C19H21FN4O5. The summed E-state index contributed by atoms with van der Waals surface area (Å²) < 4.78 is 21.1. The van der Waals surface area contributed by atoms with Crippen LogP contribution in [0.4, 0.5) is 14.9 Å². The van der Waals surface area contributed by atoms with E-state index in [0.29, 0.717) is 5.56 Å². The number of ether oxygens (including phenoxy) is 1. The van der Waals surface area contributed by atoms with Crippen LogP contribution in [0.5, 0.6) is 5.75 Å². The molecule has 3 atom stereocenters. The van der Waals surface area contributed by atoms with Crippen molar-refractivity contribution in [2.45, 2.75) is 45.4 Å². The summed E-state index contributed by atoms with van der Waals surface area (Å²) in [5.74, 6) is -3.11. The highest BCUT2D eigenvalue weighted by Crippen LogP contribution is 2.49. The molecular weight excluding hydrogens is 383 g/mol. The Morgan fingerprint density at radius 3 is 2.52 bits per heavy atom. The Morgan fingerprint density at radius 1 is 1.31 bits per heavy atom. The molecule has 154 valence electrons. The number of hydrogen-bond donors (Lipinski definition) is 4. The van der Waals surface area contributed by atoms with Crippen LogP contribution in [0.1, 0.15) is 31.9 Å². The zero-order chi connectivity index (χ0) is 21.2. The Bertz CT molecular complexity index is 958. The molecule has 1 aromatic carbocycles. The molecule has 3 aliphatic rings. The summed E-state index contributed by atoms with van der Waals surface area (Å²) in [6.07, 6.45) is -1.16. The van der Waals surface area contributed by atoms with Gasteiger partial charge in [0.25, 0.3) is 0 Å². The van der Waals surface area contributed by atoms with Crippen molar-refractivity contribution < 1.29 is 28.6 Å². The Morgan fingerprint density at radius 2 is 1.93 bits per heavy atom. The van der Waals surface area contributed by atoms with Crippen molar-refractivity contribution in [3.63, 3.8) is 0 Å². The first-order valence-corrected chi connectivity index (χ1v) is 9.26. The number of phenols is 1. The van der Waals surface area contributed by atoms with Crippen molar-refractivity contribution in [1.29, 1.82) is 5.41 Å². The highest BCUT2D eigenvalue weighted by atomic mass is 19.1. The third-order valence-electron chi connectivity index (χ3n) is 5.90. The molecule has 0 bridgehead atoms. The van der Waals surface area contributed by atoms with Gasteiger partial charge in [-0.15, -0.1) is 0 Å². The van der Waals surface area contributed by atoms with Gasteiger partial charge in [0.2, 0.25) is 11.8 Å². The van der Waals surface area contributed by atoms with Gasteiger partial charge in [-0.25, -0.2) is 9.18 Å². The van der Waals surface area contributed by atoms with E-state index in [1.807, 2.05) is 0 Å². The summed E-state index contributed by atoms with van der Waals surface area (Å²) in [6, 6.07) is -0.371. The first-order chi connectivity index (χ1) is 13.6. The quantitative estimate of drug-likeness (QED) is 0.405. The third kappa shape index (κ3) is 2.55. The minimum Gasteiger partial charge on any atom is -0.504 e. The SMILES string of the molecule is CC(=N)c1cc2c(c(F)c1O)N1CC(C)OC(C)C1C1(C2)C(=O)NC(=O)NC1=O. The molecule has 2 fully saturated rings. The number of morpholine rings is 1. The number of fused-ring (bicyclic) bond motifs is 4. The van der Waals surface area contributed by atoms with Gasteiger partial charge in [-0.2, -0.15) is 0 Å². The minimum atomic E-state index is -1.73. The first kappa shape index (κ1) is 19.3. The van der Waals surface area contributed by atoms with Gasteiger partial charge in [0.05, 0.1) is 23.9 Å². The fourth-order valence-corrected chi connectivity index (χ4v) is 4.84. The molecule has 0 aromatic heterocycles. The summed E-state index contributed by atoms with van der Waals surface area (Å²) in [4.78, 5) is 39.2. The second-order valence-corrected chi connectivity index (χ2v) is 7.85. The standard InChI is InChI=1S/C19H21FN4O5/c1-7-6-24-13-10(4-11(8(2)21)14(25)12(13)20)5-19(15(24)9(3)29-7)16(26)22-18(28)23-17(19)27/h4,7,9,15,21,25H,5-6H2,1-3H3,(H2,22,23,26,27,28). The number of aromatic hydroxyl groups is 1. The maximum absolute atomic E-state index is 15.3. The van der Waals surface area contributed by atoms with E-state index >= 15 is 4.39 Å². The Hall–Kier alpha value is -3.01. The Labute approximate surface area is 165 Å². The van der Waals surface area contributed by atoms with E-state index in [2.05, 4.69) is 10.6 Å². The average Bonchev–Trinajstić information content (AvgIpc) is 2.61. The van der Waals surface area contributed by atoms with Gasteiger partial charge in [-0.3, -0.25) is 20.2 Å². The Kier molecular flexibility index (Phi) is 4.16. The van der Waals surface area contributed by atoms with E-state index in [1.54, 1.807) is 18.7 Å². The van der Waals surface area contributed by atoms with E-state index in [-0.39, 0.29) is 36.0 Å². The fourth-order valence-electron chi connectivity index (χ4n) is 4.84. The van der Waals surface area contributed by atoms with Gasteiger partial charge in [0.15, 0.2) is 17.0 Å². The number of halogens is 1. The van der Waals surface area contributed by atoms with E-state index in [0.717, 1.165) is 0 Å². The minimum absolute atomic E-state index is 0.0168. The maximum atomic E-state index is 15.3. The zero-order valence-corrected chi connectivity index (χ0v) is 16.1. The molecule has 0 aliphatic carbocycles. The van der Waals surface area contributed by atoms with Crippen LogP contribution >= 0.6 is 0 Å². The van der Waals surface area contributed by atoms with Gasteiger partial charge >= 0.3 is 6.03 Å². The lowest BCUT2D eigenvalue weighted by molar-refractivity contribution is -0.153.